The minimum Gasteiger partial charge on any atom is -0.493 e. The number of aryl methyl sites for hydroxylation is 1. The molecule has 0 saturated heterocycles. The van der Waals surface area contributed by atoms with Crippen LogP contribution in [0.25, 0.3) is 0 Å². The van der Waals surface area contributed by atoms with Crippen molar-refractivity contribution in [3.63, 3.8) is 0 Å². The highest BCUT2D eigenvalue weighted by molar-refractivity contribution is 5.79. The fourth-order valence-electron chi connectivity index (χ4n) is 1.71. The van der Waals surface area contributed by atoms with Gasteiger partial charge in [-0.25, -0.2) is 4.79 Å². The van der Waals surface area contributed by atoms with Gasteiger partial charge in [-0.05, 0) is 30.5 Å². The molecule has 0 heterocycles. The topological polar surface area (TPSA) is 65.0 Å². The Morgan fingerprint density at radius 1 is 1.16 bits per heavy atom. The molecule has 0 spiro atoms. The van der Waals surface area contributed by atoms with E-state index in [1.54, 1.807) is 27.4 Å². The number of carbonyl (C=O) groups is 1. The van der Waals surface area contributed by atoms with E-state index < -0.39 is 5.97 Å². The summed E-state index contributed by atoms with van der Waals surface area (Å²) in [5.41, 5.74) is 0.990. The Labute approximate surface area is 112 Å². The lowest BCUT2D eigenvalue weighted by Gasteiger charge is -2.13. The van der Waals surface area contributed by atoms with Gasteiger partial charge in [0.2, 0.25) is 5.75 Å². The number of aliphatic carboxylic acids is 1. The van der Waals surface area contributed by atoms with Crippen molar-refractivity contribution in [3.8, 4) is 17.2 Å². The smallest absolute Gasteiger partial charge is 0.327 e. The van der Waals surface area contributed by atoms with Gasteiger partial charge in [-0.2, -0.15) is 0 Å². The van der Waals surface area contributed by atoms with Crippen molar-refractivity contribution in [2.24, 2.45) is 0 Å². The lowest BCUT2D eigenvalue weighted by atomic mass is 10.1. The summed E-state index contributed by atoms with van der Waals surface area (Å²) in [6.45, 7) is 0. The predicted octanol–water partition coefficient (Wildman–Crippen LogP) is 2.29. The van der Waals surface area contributed by atoms with Crippen LogP contribution in [0.1, 0.15) is 12.0 Å². The zero-order valence-corrected chi connectivity index (χ0v) is 11.3. The van der Waals surface area contributed by atoms with Crippen molar-refractivity contribution in [1.29, 1.82) is 0 Å². The molecule has 0 radical (unpaired) electrons. The molecule has 0 aliphatic heterocycles. The average Bonchev–Trinajstić information content (AvgIpc) is 2.42. The maximum absolute atomic E-state index is 10.4. The molecule has 1 aromatic carbocycles. The third-order valence-electron chi connectivity index (χ3n) is 2.58. The summed E-state index contributed by atoms with van der Waals surface area (Å²) in [4.78, 5) is 10.4. The quantitative estimate of drug-likeness (QED) is 0.767. The maximum atomic E-state index is 10.4. The predicted molar refractivity (Wildman–Crippen MR) is 71.2 cm³/mol. The molecule has 0 aliphatic rings. The number of hydrogen-bond donors (Lipinski definition) is 1. The van der Waals surface area contributed by atoms with Crippen LogP contribution < -0.4 is 14.2 Å². The van der Waals surface area contributed by atoms with Gasteiger partial charge in [0.15, 0.2) is 11.5 Å². The van der Waals surface area contributed by atoms with Gasteiger partial charge in [0.25, 0.3) is 0 Å². The van der Waals surface area contributed by atoms with Crippen LogP contribution in [0, 0.1) is 0 Å². The Balaban J connectivity index is 2.87. The number of rotatable bonds is 7. The Hall–Kier alpha value is -2.17. The molecule has 104 valence electrons. The highest BCUT2D eigenvalue weighted by atomic mass is 16.5. The monoisotopic (exact) mass is 266 g/mol. The minimum atomic E-state index is -0.940. The third-order valence-corrected chi connectivity index (χ3v) is 2.58. The second kappa shape index (κ2) is 7.31. The SMILES string of the molecule is COc1cc(CC/C=C/C(=O)O)cc(OC)c1OC. The molecular formula is C14H18O5. The highest BCUT2D eigenvalue weighted by Gasteiger charge is 2.12. The van der Waals surface area contributed by atoms with Gasteiger partial charge >= 0.3 is 5.97 Å². The number of carboxylic acid groups (broad SMARTS) is 1. The van der Waals surface area contributed by atoms with Crippen LogP contribution in [0.4, 0.5) is 0 Å². The Morgan fingerprint density at radius 2 is 1.74 bits per heavy atom. The largest absolute Gasteiger partial charge is 0.493 e. The van der Waals surface area contributed by atoms with Gasteiger partial charge in [0, 0.05) is 6.08 Å². The van der Waals surface area contributed by atoms with E-state index in [0.717, 1.165) is 11.6 Å². The first kappa shape index (κ1) is 14.9. The van der Waals surface area contributed by atoms with Crippen LogP contribution in [0.15, 0.2) is 24.3 Å². The van der Waals surface area contributed by atoms with Crippen LogP contribution in [0.2, 0.25) is 0 Å². The molecule has 0 aromatic heterocycles. The van der Waals surface area contributed by atoms with Crippen molar-refractivity contribution >= 4 is 5.97 Å². The Bertz CT molecular complexity index is 440. The zero-order valence-electron chi connectivity index (χ0n) is 11.3. The second-order valence-corrected chi connectivity index (χ2v) is 3.81. The molecule has 0 atom stereocenters. The van der Waals surface area contributed by atoms with Gasteiger partial charge in [-0.1, -0.05) is 6.08 Å². The molecule has 0 aliphatic carbocycles. The molecule has 5 nitrogen and oxygen atoms in total. The van der Waals surface area contributed by atoms with Crippen LogP contribution in [-0.4, -0.2) is 32.4 Å². The average molecular weight is 266 g/mol. The summed E-state index contributed by atoms with van der Waals surface area (Å²) in [7, 11) is 4.67. The van der Waals surface area contributed by atoms with Gasteiger partial charge in [-0.15, -0.1) is 0 Å². The molecule has 0 amide bonds. The normalized spacial score (nSPS) is 10.5. The molecule has 1 aromatic rings. The molecule has 0 saturated carbocycles. The fourth-order valence-corrected chi connectivity index (χ4v) is 1.71. The van der Waals surface area contributed by atoms with Crippen LogP contribution in [0.3, 0.4) is 0 Å². The van der Waals surface area contributed by atoms with Gasteiger partial charge in [0.1, 0.15) is 0 Å². The molecular weight excluding hydrogens is 248 g/mol. The van der Waals surface area contributed by atoms with E-state index in [-0.39, 0.29) is 0 Å². The van der Waals surface area contributed by atoms with E-state index in [1.165, 1.54) is 0 Å². The molecule has 19 heavy (non-hydrogen) atoms. The number of carboxylic acids is 1. The van der Waals surface area contributed by atoms with Crippen molar-refractivity contribution in [3.05, 3.63) is 29.8 Å². The number of allylic oxidation sites excluding steroid dienone is 1. The maximum Gasteiger partial charge on any atom is 0.327 e. The second-order valence-electron chi connectivity index (χ2n) is 3.81. The standard InChI is InChI=1S/C14H18O5/c1-17-11-8-10(6-4-5-7-13(15)16)9-12(18-2)14(11)19-3/h5,7-9H,4,6H2,1-3H3,(H,15,16)/b7-5+. The Morgan fingerprint density at radius 3 is 2.16 bits per heavy atom. The summed E-state index contributed by atoms with van der Waals surface area (Å²) >= 11 is 0. The summed E-state index contributed by atoms with van der Waals surface area (Å²) in [5, 5.41) is 8.50. The van der Waals surface area contributed by atoms with Crippen molar-refractivity contribution in [2.75, 3.05) is 21.3 Å². The van der Waals surface area contributed by atoms with Gasteiger partial charge in [-0.3, -0.25) is 0 Å². The molecule has 0 fully saturated rings. The number of hydrogen-bond acceptors (Lipinski definition) is 4. The van der Waals surface area contributed by atoms with Crippen molar-refractivity contribution in [2.45, 2.75) is 12.8 Å². The molecule has 0 unspecified atom stereocenters. The van der Waals surface area contributed by atoms with E-state index in [4.69, 9.17) is 19.3 Å². The molecule has 1 N–H and O–H groups in total. The minimum absolute atomic E-state index is 0.551. The van der Waals surface area contributed by atoms with E-state index in [0.29, 0.717) is 30.1 Å². The highest BCUT2D eigenvalue weighted by Crippen LogP contribution is 2.38. The van der Waals surface area contributed by atoms with Gasteiger partial charge < -0.3 is 19.3 Å². The summed E-state index contributed by atoms with van der Waals surface area (Å²) in [5.74, 6) is 0.804. The van der Waals surface area contributed by atoms with E-state index in [2.05, 4.69) is 0 Å². The fraction of sp³-hybridized carbons (Fsp3) is 0.357. The first-order chi connectivity index (χ1) is 9.12. The summed E-state index contributed by atoms with van der Waals surface area (Å²) in [6.07, 6.45) is 4.08. The molecule has 0 bridgehead atoms. The summed E-state index contributed by atoms with van der Waals surface area (Å²) < 4.78 is 15.7. The third kappa shape index (κ3) is 4.21. The molecule has 1 rings (SSSR count). The van der Waals surface area contributed by atoms with Crippen LogP contribution in [-0.2, 0) is 11.2 Å². The van der Waals surface area contributed by atoms with Crippen LogP contribution >= 0.6 is 0 Å². The number of benzene rings is 1. The van der Waals surface area contributed by atoms with E-state index in [9.17, 15) is 4.79 Å². The van der Waals surface area contributed by atoms with E-state index >= 15 is 0 Å². The van der Waals surface area contributed by atoms with Crippen molar-refractivity contribution in [1.82, 2.24) is 0 Å². The zero-order chi connectivity index (χ0) is 14.3. The number of ether oxygens (including phenoxy) is 3. The first-order valence-electron chi connectivity index (χ1n) is 5.80. The number of methoxy groups -OCH3 is 3. The van der Waals surface area contributed by atoms with Crippen molar-refractivity contribution < 1.29 is 24.1 Å². The lowest BCUT2D eigenvalue weighted by Crippen LogP contribution is -1.97. The Kier molecular flexibility index (Phi) is 5.73. The van der Waals surface area contributed by atoms with E-state index in [1.807, 2.05) is 12.1 Å². The lowest BCUT2D eigenvalue weighted by molar-refractivity contribution is -0.131. The van der Waals surface area contributed by atoms with Crippen LogP contribution in [0.5, 0.6) is 17.2 Å². The molecule has 5 heteroatoms. The summed E-state index contributed by atoms with van der Waals surface area (Å²) in [6, 6.07) is 3.71. The van der Waals surface area contributed by atoms with Gasteiger partial charge in [0.05, 0.1) is 21.3 Å². The first-order valence-corrected chi connectivity index (χ1v) is 5.80.